The van der Waals surface area contributed by atoms with Gasteiger partial charge >= 0.3 is 6.18 Å². The Labute approximate surface area is 229 Å². The van der Waals surface area contributed by atoms with E-state index in [4.69, 9.17) is 0 Å². The van der Waals surface area contributed by atoms with Gasteiger partial charge in [0.2, 0.25) is 0 Å². The molecule has 0 bridgehead atoms. The van der Waals surface area contributed by atoms with Crippen LogP contribution in [-0.4, -0.2) is 17.9 Å². The summed E-state index contributed by atoms with van der Waals surface area (Å²) in [5, 5.41) is 5.77. The van der Waals surface area contributed by atoms with Crippen LogP contribution < -0.4 is 10.6 Å². The Kier molecular flexibility index (Phi) is 7.40. The summed E-state index contributed by atoms with van der Waals surface area (Å²) < 4.78 is 41.0. The quantitative estimate of drug-likeness (QED) is 0.326. The van der Waals surface area contributed by atoms with Gasteiger partial charge < -0.3 is 10.6 Å². The average Bonchev–Trinajstić information content (AvgIpc) is 2.92. The Morgan fingerprint density at radius 2 is 1.59 bits per heavy atom. The number of rotatable bonds is 5. The average molecular weight is 549 g/mol. The van der Waals surface area contributed by atoms with Crippen LogP contribution in [-0.2, 0) is 15.8 Å². The molecule has 8 heteroatoms. The Hall–Kier alpha value is -3.78. The molecular formula is C31H27F3N2O2S. The molecule has 2 N–H and O–H groups in total. The lowest BCUT2D eigenvalue weighted by molar-refractivity contribution is -0.137. The highest BCUT2D eigenvalue weighted by Gasteiger charge is 2.41. The number of thioether (sulfide) groups is 1. The molecule has 0 aromatic heterocycles. The smallest absolute Gasteiger partial charge is 0.362 e. The molecule has 1 heterocycles. The van der Waals surface area contributed by atoms with Crippen molar-refractivity contribution in [2.45, 2.75) is 42.7 Å². The third-order valence-electron chi connectivity index (χ3n) is 7.27. The fourth-order valence-electron chi connectivity index (χ4n) is 5.46. The van der Waals surface area contributed by atoms with Gasteiger partial charge in [-0.1, -0.05) is 54.6 Å². The van der Waals surface area contributed by atoms with Crippen LogP contribution in [0.5, 0.6) is 0 Å². The predicted octanol–water partition coefficient (Wildman–Crippen LogP) is 7.43. The first-order chi connectivity index (χ1) is 18.7. The highest BCUT2D eigenvalue weighted by Crippen LogP contribution is 2.46. The molecule has 3 aromatic rings. The van der Waals surface area contributed by atoms with E-state index in [1.54, 1.807) is 18.7 Å². The number of carbonyl (C=O) groups is 2. The monoisotopic (exact) mass is 548 g/mol. The highest BCUT2D eigenvalue weighted by atomic mass is 32.2. The number of Topliss-reactive ketones (excluding diaryl/α,β-unsaturated/α-hetero) is 1. The number of benzene rings is 3. The second-order valence-electron chi connectivity index (χ2n) is 9.70. The number of hydrogen-bond acceptors (Lipinski definition) is 4. The van der Waals surface area contributed by atoms with Gasteiger partial charge in [-0.3, -0.25) is 9.59 Å². The number of amides is 1. The van der Waals surface area contributed by atoms with Crippen molar-refractivity contribution in [1.29, 1.82) is 0 Å². The van der Waals surface area contributed by atoms with Crippen molar-refractivity contribution in [1.82, 2.24) is 5.32 Å². The van der Waals surface area contributed by atoms with Gasteiger partial charge in [-0.05, 0) is 60.9 Å². The number of carbonyl (C=O) groups excluding carboxylic acids is 2. The molecule has 0 radical (unpaired) electrons. The first kappa shape index (κ1) is 26.8. The number of dihydropyridines is 1. The minimum absolute atomic E-state index is 0.00805. The number of hydrogen-bond donors (Lipinski definition) is 2. The maximum absolute atomic E-state index is 13.7. The molecule has 1 amide bonds. The van der Waals surface area contributed by atoms with Gasteiger partial charge in [-0.2, -0.15) is 13.2 Å². The molecule has 0 spiro atoms. The van der Waals surface area contributed by atoms with Gasteiger partial charge in [0.05, 0.1) is 11.3 Å². The van der Waals surface area contributed by atoms with E-state index < -0.39 is 23.6 Å². The fourth-order valence-corrected chi connectivity index (χ4v) is 5.87. The van der Waals surface area contributed by atoms with Crippen LogP contribution in [0.15, 0.2) is 106 Å². The molecule has 4 nitrogen and oxygen atoms in total. The van der Waals surface area contributed by atoms with E-state index in [2.05, 4.69) is 10.6 Å². The number of anilines is 1. The Morgan fingerprint density at radius 3 is 2.26 bits per heavy atom. The zero-order chi connectivity index (χ0) is 27.7. The molecule has 0 unspecified atom stereocenters. The summed E-state index contributed by atoms with van der Waals surface area (Å²) in [5.41, 5.74) is 2.54. The normalized spacial score (nSPS) is 19.5. The summed E-state index contributed by atoms with van der Waals surface area (Å²) in [7, 11) is 0. The van der Waals surface area contributed by atoms with Crippen molar-refractivity contribution in [3.8, 4) is 0 Å². The summed E-state index contributed by atoms with van der Waals surface area (Å²) in [6.45, 7) is 1.73. The second kappa shape index (κ2) is 10.8. The van der Waals surface area contributed by atoms with E-state index in [0.717, 1.165) is 27.8 Å². The molecule has 1 aliphatic heterocycles. The van der Waals surface area contributed by atoms with Gasteiger partial charge in [0, 0.05) is 39.8 Å². The third kappa shape index (κ3) is 5.39. The van der Waals surface area contributed by atoms with E-state index in [0.29, 0.717) is 17.7 Å². The minimum atomic E-state index is -4.63. The Balaban J connectivity index is 1.57. The van der Waals surface area contributed by atoms with E-state index in [1.807, 2.05) is 60.9 Å². The van der Waals surface area contributed by atoms with Crippen molar-refractivity contribution in [2.24, 2.45) is 0 Å². The molecule has 39 heavy (non-hydrogen) atoms. The van der Waals surface area contributed by atoms with Crippen molar-refractivity contribution < 1.29 is 22.8 Å². The van der Waals surface area contributed by atoms with Crippen molar-refractivity contribution in [3.05, 3.63) is 118 Å². The number of halogens is 3. The third-order valence-corrected chi connectivity index (χ3v) is 8.02. The number of nitrogens with one attached hydrogen (secondary N) is 2. The van der Waals surface area contributed by atoms with Crippen LogP contribution in [0.2, 0.25) is 0 Å². The molecule has 1 aliphatic carbocycles. The molecule has 5 rings (SSSR count). The molecular weight excluding hydrogens is 521 g/mol. The lowest BCUT2D eigenvalue weighted by Gasteiger charge is -2.37. The van der Waals surface area contributed by atoms with Crippen LogP contribution >= 0.6 is 11.8 Å². The lowest BCUT2D eigenvalue weighted by atomic mass is 9.71. The van der Waals surface area contributed by atoms with E-state index in [1.165, 1.54) is 18.2 Å². The summed E-state index contributed by atoms with van der Waals surface area (Å²) in [5.74, 6) is -1.48. The van der Waals surface area contributed by atoms with Crippen LogP contribution in [0.3, 0.4) is 0 Å². The topological polar surface area (TPSA) is 58.2 Å². The van der Waals surface area contributed by atoms with Crippen LogP contribution in [0.25, 0.3) is 0 Å². The largest absolute Gasteiger partial charge is 0.418 e. The molecule has 200 valence electrons. The summed E-state index contributed by atoms with van der Waals surface area (Å²) in [6, 6.07) is 22.3. The van der Waals surface area contributed by atoms with E-state index >= 15 is 0 Å². The van der Waals surface area contributed by atoms with Gasteiger partial charge in [-0.25, -0.2) is 0 Å². The molecule has 3 aromatic carbocycles. The maximum atomic E-state index is 13.7. The molecule has 0 saturated carbocycles. The fraction of sp³-hybridized carbons (Fsp3) is 0.226. The van der Waals surface area contributed by atoms with Crippen LogP contribution in [0.4, 0.5) is 18.9 Å². The van der Waals surface area contributed by atoms with Crippen molar-refractivity contribution >= 4 is 29.1 Å². The summed E-state index contributed by atoms with van der Waals surface area (Å²) in [4.78, 5) is 28.5. The van der Waals surface area contributed by atoms with Crippen LogP contribution in [0.1, 0.15) is 48.3 Å². The van der Waals surface area contributed by atoms with Gasteiger partial charge in [0.15, 0.2) is 5.78 Å². The Bertz CT molecular complexity index is 1480. The molecule has 2 atom stereocenters. The first-order valence-electron chi connectivity index (χ1n) is 12.6. The molecule has 2 aliphatic rings. The summed E-state index contributed by atoms with van der Waals surface area (Å²) in [6.07, 6.45) is -1.80. The van der Waals surface area contributed by atoms with Gasteiger partial charge in [0.25, 0.3) is 5.91 Å². The van der Waals surface area contributed by atoms with Crippen molar-refractivity contribution in [2.75, 3.05) is 11.6 Å². The highest BCUT2D eigenvalue weighted by molar-refractivity contribution is 7.98. The number of alkyl halides is 3. The standard InChI is InChI=1S/C31H27F3N2O2S/c1-18-27(30(38)36-24-11-7-6-10-23(24)31(32,33)34)28(20-12-14-22(39-2)15-13-20)29-25(35-18)16-21(17-26(29)37)19-8-4-3-5-9-19/h3-15,21,28,35H,16-17H2,1-2H3,(H,36,38)/t21-,28+/m1/s1. The van der Waals surface area contributed by atoms with E-state index in [-0.39, 0.29) is 29.4 Å². The van der Waals surface area contributed by atoms with Gasteiger partial charge in [-0.15, -0.1) is 11.8 Å². The summed E-state index contributed by atoms with van der Waals surface area (Å²) >= 11 is 1.57. The Morgan fingerprint density at radius 1 is 0.923 bits per heavy atom. The minimum Gasteiger partial charge on any atom is -0.362 e. The number of allylic oxidation sites excluding steroid dienone is 3. The van der Waals surface area contributed by atoms with Gasteiger partial charge in [0.1, 0.15) is 0 Å². The number of para-hydroxylation sites is 1. The SMILES string of the molecule is CSc1ccc([C@H]2C(C(=O)Nc3ccccc3C(F)(F)F)=C(C)NC3=C2C(=O)C[C@H](c2ccccc2)C3)cc1. The second-order valence-corrected chi connectivity index (χ2v) is 10.6. The van der Waals surface area contributed by atoms with Crippen molar-refractivity contribution in [3.63, 3.8) is 0 Å². The van der Waals surface area contributed by atoms with E-state index in [9.17, 15) is 22.8 Å². The maximum Gasteiger partial charge on any atom is 0.418 e. The lowest BCUT2D eigenvalue weighted by Crippen LogP contribution is -2.37. The molecule has 0 saturated heterocycles. The predicted molar refractivity (Wildman–Crippen MR) is 147 cm³/mol. The number of ketones is 1. The molecule has 0 fully saturated rings. The zero-order valence-electron chi connectivity index (χ0n) is 21.4. The zero-order valence-corrected chi connectivity index (χ0v) is 22.2. The van der Waals surface area contributed by atoms with Crippen LogP contribution in [0, 0.1) is 0 Å². The first-order valence-corrected chi connectivity index (χ1v) is 13.8.